The van der Waals surface area contributed by atoms with Crippen LogP contribution in [0, 0.1) is 5.92 Å². The quantitative estimate of drug-likeness (QED) is 0.612. The molecule has 12 heavy (non-hydrogen) atoms. The van der Waals surface area contributed by atoms with E-state index >= 15 is 0 Å². The third-order valence-corrected chi connectivity index (χ3v) is 2.48. The second-order valence-electron chi connectivity index (χ2n) is 4.02. The summed E-state index contributed by atoms with van der Waals surface area (Å²) in [5, 5.41) is 0. The van der Waals surface area contributed by atoms with Crippen LogP contribution in [0.5, 0.6) is 0 Å². The van der Waals surface area contributed by atoms with Gasteiger partial charge in [-0.15, -0.1) is 0 Å². The van der Waals surface area contributed by atoms with E-state index in [1.54, 1.807) is 4.90 Å². The van der Waals surface area contributed by atoms with Crippen LogP contribution in [-0.2, 0) is 4.79 Å². The SMILES string of the molecule is CN(C)C(=O)CC1CC1N(C)C. The molecule has 1 amide bonds. The summed E-state index contributed by atoms with van der Waals surface area (Å²) in [7, 11) is 7.78. The van der Waals surface area contributed by atoms with E-state index in [0.29, 0.717) is 12.0 Å². The largest absolute Gasteiger partial charge is 0.349 e. The normalized spacial score (nSPS) is 27.4. The van der Waals surface area contributed by atoms with Gasteiger partial charge in [-0.25, -0.2) is 0 Å². The van der Waals surface area contributed by atoms with Crippen molar-refractivity contribution in [3.63, 3.8) is 0 Å². The second-order valence-corrected chi connectivity index (χ2v) is 4.02. The molecule has 0 aromatic carbocycles. The molecule has 2 unspecified atom stereocenters. The first-order valence-electron chi connectivity index (χ1n) is 4.39. The number of carbonyl (C=O) groups is 1. The molecule has 70 valence electrons. The number of carbonyl (C=O) groups excluding carboxylic acids is 1. The molecule has 0 radical (unpaired) electrons. The van der Waals surface area contributed by atoms with Crippen molar-refractivity contribution in [2.75, 3.05) is 28.2 Å². The summed E-state index contributed by atoms with van der Waals surface area (Å²) in [5.74, 6) is 0.860. The molecule has 0 aromatic heterocycles. The highest BCUT2D eigenvalue weighted by Crippen LogP contribution is 2.37. The zero-order valence-electron chi connectivity index (χ0n) is 8.37. The fraction of sp³-hybridized carbons (Fsp3) is 0.889. The van der Waals surface area contributed by atoms with Crippen LogP contribution in [0.4, 0.5) is 0 Å². The Labute approximate surface area is 74.3 Å². The van der Waals surface area contributed by atoms with Gasteiger partial charge in [0.25, 0.3) is 0 Å². The van der Waals surface area contributed by atoms with Crippen LogP contribution in [0.15, 0.2) is 0 Å². The Balaban J connectivity index is 2.23. The first-order valence-corrected chi connectivity index (χ1v) is 4.39. The van der Waals surface area contributed by atoms with Crippen molar-refractivity contribution in [2.45, 2.75) is 18.9 Å². The number of hydrogen-bond acceptors (Lipinski definition) is 2. The van der Waals surface area contributed by atoms with Crippen molar-refractivity contribution in [1.82, 2.24) is 9.80 Å². The lowest BCUT2D eigenvalue weighted by molar-refractivity contribution is -0.129. The molecule has 2 atom stereocenters. The van der Waals surface area contributed by atoms with Gasteiger partial charge in [-0.1, -0.05) is 0 Å². The lowest BCUT2D eigenvalue weighted by atomic mass is 10.2. The predicted octanol–water partition coefficient (Wildman–Crippen LogP) is 0.415. The Morgan fingerprint density at radius 1 is 1.33 bits per heavy atom. The van der Waals surface area contributed by atoms with Gasteiger partial charge in [0.1, 0.15) is 0 Å². The van der Waals surface area contributed by atoms with Crippen LogP contribution in [0.3, 0.4) is 0 Å². The van der Waals surface area contributed by atoms with Crippen LogP contribution in [0.25, 0.3) is 0 Å². The van der Waals surface area contributed by atoms with Gasteiger partial charge in [-0.2, -0.15) is 0 Å². The molecule has 0 N–H and O–H groups in total. The van der Waals surface area contributed by atoms with Gasteiger partial charge in [-0.3, -0.25) is 4.79 Å². The lowest BCUT2D eigenvalue weighted by Crippen LogP contribution is -2.24. The molecule has 1 saturated carbocycles. The highest BCUT2D eigenvalue weighted by Gasteiger charge is 2.40. The minimum atomic E-state index is 0.254. The molecule has 3 heteroatoms. The van der Waals surface area contributed by atoms with Gasteiger partial charge < -0.3 is 9.80 Å². The zero-order chi connectivity index (χ0) is 9.30. The minimum absolute atomic E-state index is 0.254. The number of rotatable bonds is 3. The summed E-state index contributed by atoms with van der Waals surface area (Å²) < 4.78 is 0. The number of hydrogen-bond donors (Lipinski definition) is 0. The second kappa shape index (κ2) is 3.44. The van der Waals surface area contributed by atoms with E-state index in [4.69, 9.17) is 0 Å². The predicted molar refractivity (Wildman–Crippen MR) is 48.9 cm³/mol. The third kappa shape index (κ3) is 2.21. The molecule has 0 aliphatic heterocycles. The van der Waals surface area contributed by atoms with Gasteiger partial charge in [0.05, 0.1) is 0 Å². The fourth-order valence-corrected chi connectivity index (χ4v) is 1.49. The highest BCUT2D eigenvalue weighted by molar-refractivity contribution is 5.76. The molecule has 0 heterocycles. The highest BCUT2D eigenvalue weighted by atomic mass is 16.2. The molecule has 1 aliphatic rings. The van der Waals surface area contributed by atoms with Crippen LogP contribution in [-0.4, -0.2) is 49.9 Å². The van der Waals surface area contributed by atoms with E-state index < -0.39 is 0 Å². The van der Waals surface area contributed by atoms with E-state index in [2.05, 4.69) is 19.0 Å². The zero-order valence-corrected chi connectivity index (χ0v) is 8.37. The van der Waals surface area contributed by atoms with Gasteiger partial charge in [0.15, 0.2) is 0 Å². The molecule has 1 aliphatic carbocycles. The molecule has 0 spiro atoms. The maximum atomic E-state index is 11.3. The van der Waals surface area contributed by atoms with Crippen molar-refractivity contribution in [3.05, 3.63) is 0 Å². The molecule has 1 rings (SSSR count). The monoisotopic (exact) mass is 170 g/mol. The lowest BCUT2D eigenvalue weighted by Gasteiger charge is -2.11. The van der Waals surface area contributed by atoms with Gasteiger partial charge in [0.2, 0.25) is 5.91 Å². The first kappa shape index (κ1) is 9.52. The maximum Gasteiger partial charge on any atom is 0.222 e. The van der Waals surface area contributed by atoms with E-state index in [1.165, 1.54) is 6.42 Å². The van der Waals surface area contributed by atoms with Crippen LogP contribution in [0.2, 0.25) is 0 Å². The van der Waals surface area contributed by atoms with Crippen molar-refractivity contribution >= 4 is 5.91 Å². The molecule has 0 bridgehead atoms. The van der Waals surface area contributed by atoms with Crippen molar-refractivity contribution in [2.24, 2.45) is 5.92 Å². The van der Waals surface area contributed by atoms with E-state index in [1.807, 2.05) is 14.1 Å². The minimum Gasteiger partial charge on any atom is -0.349 e. The Kier molecular flexibility index (Phi) is 2.73. The molecule has 0 aromatic rings. The van der Waals surface area contributed by atoms with Gasteiger partial charge in [0, 0.05) is 26.6 Å². The first-order chi connectivity index (χ1) is 5.52. The summed E-state index contributed by atoms with van der Waals surface area (Å²) in [6.45, 7) is 0. The summed E-state index contributed by atoms with van der Waals surface area (Å²) in [6.07, 6.45) is 1.91. The van der Waals surface area contributed by atoms with Crippen LogP contribution in [0.1, 0.15) is 12.8 Å². The molecular formula is C9H18N2O. The van der Waals surface area contributed by atoms with Crippen LogP contribution >= 0.6 is 0 Å². The third-order valence-electron chi connectivity index (χ3n) is 2.48. The van der Waals surface area contributed by atoms with Crippen molar-refractivity contribution in [1.29, 1.82) is 0 Å². The maximum absolute atomic E-state index is 11.3. The topological polar surface area (TPSA) is 23.6 Å². The fourth-order valence-electron chi connectivity index (χ4n) is 1.49. The Morgan fingerprint density at radius 3 is 2.25 bits per heavy atom. The smallest absolute Gasteiger partial charge is 0.222 e. The Hall–Kier alpha value is -0.570. The van der Waals surface area contributed by atoms with Crippen molar-refractivity contribution < 1.29 is 4.79 Å². The van der Waals surface area contributed by atoms with Crippen molar-refractivity contribution in [3.8, 4) is 0 Å². The van der Waals surface area contributed by atoms with E-state index in [-0.39, 0.29) is 5.91 Å². The number of amides is 1. The summed E-state index contributed by atoms with van der Waals surface area (Å²) in [4.78, 5) is 15.1. The summed E-state index contributed by atoms with van der Waals surface area (Å²) in [5.41, 5.74) is 0. The summed E-state index contributed by atoms with van der Waals surface area (Å²) >= 11 is 0. The van der Waals surface area contributed by atoms with Gasteiger partial charge in [-0.05, 0) is 26.4 Å². The Bertz CT molecular complexity index is 177. The average Bonchev–Trinajstić information content (AvgIpc) is 2.67. The standard InChI is InChI=1S/C9H18N2O/c1-10(2)8-5-7(8)6-9(12)11(3)4/h7-8H,5-6H2,1-4H3. The summed E-state index contributed by atoms with van der Waals surface area (Å²) in [6, 6.07) is 0.647. The van der Waals surface area contributed by atoms with Gasteiger partial charge >= 0.3 is 0 Å². The van der Waals surface area contributed by atoms with E-state index in [9.17, 15) is 4.79 Å². The van der Waals surface area contributed by atoms with E-state index in [0.717, 1.165) is 6.42 Å². The van der Waals surface area contributed by atoms with Crippen LogP contribution < -0.4 is 0 Å². The molecule has 0 saturated heterocycles. The molecular weight excluding hydrogens is 152 g/mol. The average molecular weight is 170 g/mol. The molecule has 1 fully saturated rings. The number of nitrogens with zero attached hydrogens (tertiary/aromatic N) is 2. The Morgan fingerprint density at radius 2 is 1.92 bits per heavy atom. The molecule has 3 nitrogen and oxygen atoms in total.